The normalized spacial score (nSPS) is 18.7. The minimum atomic E-state index is -0.488. The fraction of sp³-hybridized carbons (Fsp3) is 0.615. The van der Waals surface area contributed by atoms with E-state index in [1.807, 2.05) is 13.8 Å². The Morgan fingerprint density at radius 3 is 2.17 bits per heavy atom. The lowest BCUT2D eigenvalue weighted by Gasteiger charge is -2.28. The molecule has 0 aromatic rings. The number of aliphatic hydroxyl groups excluding tert-OH is 1. The number of hydrogen-bond donors (Lipinski definition) is 1. The first-order valence-corrected chi connectivity index (χ1v) is 5.82. The van der Waals surface area contributed by atoms with Crippen LogP contribution >= 0.6 is 0 Å². The van der Waals surface area contributed by atoms with Gasteiger partial charge in [-0.05, 0) is 5.41 Å². The van der Waals surface area contributed by atoms with Gasteiger partial charge in [0.05, 0.1) is 19.1 Å². The molecule has 0 atom stereocenters. The Morgan fingerprint density at radius 2 is 1.72 bits per heavy atom. The second kappa shape index (κ2) is 5.33. The van der Waals surface area contributed by atoms with E-state index in [0.717, 1.165) is 0 Å². The third-order valence-electron chi connectivity index (χ3n) is 2.92. The average molecular weight is 254 g/mol. The van der Waals surface area contributed by atoms with Gasteiger partial charge in [-0.3, -0.25) is 14.4 Å². The van der Waals surface area contributed by atoms with Crippen molar-refractivity contribution < 1.29 is 24.2 Å². The standard InChI is InChI=1S/C13H18O5/c1-13(2)6-9(15)12(10(16)7-13)8(14)4-5-11(17)18-3/h14H,4-7H2,1-3H3. The van der Waals surface area contributed by atoms with Crippen molar-refractivity contribution in [2.45, 2.75) is 39.5 Å². The minimum Gasteiger partial charge on any atom is -0.511 e. The number of Topliss-reactive ketones (excluding diaryl/α,β-unsaturated/α-hetero) is 2. The van der Waals surface area contributed by atoms with Crippen molar-refractivity contribution in [3.63, 3.8) is 0 Å². The molecular formula is C13H18O5. The van der Waals surface area contributed by atoms with Crippen LogP contribution < -0.4 is 0 Å². The van der Waals surface area contributed by atoms with Crippen LogP contribution in [0, 0.1) is 5.41 Å². The molecule has 0 aromatic heterocycles. The molecular weight excluding hydrogens is 236 g/mol. The van der Waals surface area contributed by atoms with Crippen molar-refractivity contribution in [1.29, 1.82) is 0 Å². The predicted octanol–water partition coefficient (Wildman–Crippen LogP) is 1.71. The molecule has 5 heteroatoms. The van der Waals surface area contributed by atoms with E-state index in [1.54, 1.807) is 0 Å². The summed E-state index contributed by atoms with van der Waals surface area (Å²) in [6, 6.07) is 0. The average Bonchev–Trinajstić information content (AvgIpc) is 2.22. The first-order valence-electron chi connectivity index (χ1n) is 5.82. The van der Waals surface area contributed by atoms with E-state index in [-0.39, 0.29) is 54.0 Å². The van der Waals surface area contributed by atoms with Crippen LogP contribution in [0.4, 0.5) is 0 Å². The largest absolute Gasteiger partial charge is 0.511 e. The molecule has 0 amide bonds. The third kappa shape index (κ3) is 3.42. The van der Waals surface area contributed by atoms with Crippen LogP contribution in [0.2, 0.25) is 0 Å². The fourth-order valence-electron chi connectivity index (χ4n) is 2.03. The summed E-state index contributed by atoms with van der Waals surface area (Å²) in [5.74, 6) is -1.48. The second-order valence-electron chi connectivity index (χ2n) is 5.26. The SMILES string of the molecule is COC(=O)CCC(O)=C1C(=O)CC(C)(C)CC1=O. The molecule has 0 spiro atoms. The van der Waals surface area contributed by atoms with Crippen molar-refractivity contribution >= 4 is 17.5 Å². The van der Waals surface area contributed by atoms with Gasteiger partial charge in [0, 0.05) is 19.3 Å². The van der Waals surface area contributed by atoms with Gasteiger partial charge in [0.15, 0.2) is 11.6 Å². The lowest BCUT2D eigenvalue weighted by atomic mass is 9.73. The van der Waals surface area contributed by atoms with Gasteiger partial charge in [-0.2, -0.15) is 0 Å². The summed E-state index contributed by atoms with van der Waals surface area (Å²) < 4.78 is 4.43. The Morgan fingerprint density at radius 1 is 1.22 bits per heavy atom. The molecule has 0 aliphatic heterocycles. The zero-order valence-electron chi connectivity index (χ0n) is 10.9. The number of carbonyl (C=O) groups excluding carboxylic acids is 3. The molecule has 100 valence electrons. The number of rotatable bonds is 3. The van der Waals surface area contributed by atoms with Crippen LogP contribution in [0.25, 0.3) is 0 Å². The van der Waals surface area contributed by atoms with Crippen molar-refractivity contribution in [2.24, 2.45) is 5.41 Å². The van der Waals surface area contributed by atoms with Gasteiger partial charge in [0.1, 0.15) is 5.76 Å². The van der Waals surface area contributed by atoms with Crippen LogP contribution in [0.3, 0.4) is 0 Å². The van der Waals surface area contributed by atoms with Crippen LogP contribution in [-0.4, -0.2) is 29.8 Å². The lowest BCUT2D eigenvalue weighted by Crippen LogP contribution is -2.32. The van der Waals surface area contributed by atoms with Gasteiger partial charge < -0.3 is 9.84 Å². The number of ketones is 2. The van der Waals surface area contributed by atoms with Crippen molar-refractivity contribution in [3.05, 3.63) is 11.3 Å². The van der Waals surface area contributed by atoms with Gasteiger partial charge in [-0.25, -0.2) is 0 Å². The molecule has 1 saturated carbocycles. The number of allylic oxidation sites excluding steroid dienone is 2. The van der Waals surface area contributed by atoms with Gasteiger partial charge in [-0.1, -0.05) is 13.8 Å². The lowest BCUT2D eigenvalue weighted by molar-refractivity contribution is -0.141. The van der Waals surface area contributed by atoms with Gasteiger partial charge in [-0.15, -0.1) is 0 Å². The molecule has 1 fully saturated rings. The maximum Gasteiger partial charge on any atom is 0.305 e. The number of methoxy groups -OCH3 is 1. The molecule has 0 unspecified atom stereocenters. The molecule has 1 N–H and O–H groups in total. The minimum absolute atomic E-state index is 0.0418. The van der Waals surface area contributed by atoms with Crippen LogP contribution in [0.5, 0.6) is 0 Å². The molecule has 18 heavy (non-hydrogen) atoms. The van der Waals surface area contributed by atoms with E-state index in [0.29, 0.717) is 0 Å². The molecule has 1 rings (SSSR count). The molecule has 1 aliphatic rings. The second-order valence-corrected chi connectivity index (χ2v) is 5.26. The number of esters is 1. The number of ether oxygens (including phenoxy) is 1. The zero-order chi connectivity index (χ0) is 13.9. The van der Waals surface area contributed by atoms with Crippen molar-refractivity contribution in [1.82, 2.24) is 0 Å². The van der Waals surface area contributed by atoms with E-state index in [4.69, 9.17) is 0 Å². The highest BCUT2D eigenvalue weighted by Crippen LogP contribution is 2.34. The smallest absolute Gasteiger partial charge is 0.305 e. The summed E-state index contributed by atoms with van der Waals surface area (Å²) in [6.07, 6.45) is 0.377. The van der Waals surface area contributed by atoms with E-state index in [9.17, 15) is 19.5 Å². The maximum atomic E-state index is 11.8. The van der Waals surface area contributed by atoms with Gasteiger partial charge >= 0.3 is 5.97 Å². The van der Waals surface area contributed by atoms with Crippen LogP contribution in [-0.2, 0) is 19.1 Å². The van der Waals surface area contributed by atoms with Crippen LogP contribution in [0.15, 0.2) is 11.3 Å². The molecule has 0 heterocycles. The fourth-order valence-corrected chi connectivity index (χ4v) is 2.03. The third-order valence-corrected chi connectivity index (χ3v) is 2.92. The van der Waals surface area contributed by atoms with E-state index in [2.05, 4.69) is 4.74 Å². The first kappa shape index (κ1) is 14.4. The number of aliphatic hydroxyl groups is 1. The highest BCUT2D eigenvalue weighted by molar-refractivity contribution is 6.22. The Kier molecular flexibility index (Phi) is 4.27. The quantitative estimate of drug-likeness (QED) is 0.359. The van der Waals surface area contributed by atoms with Crippen molar-refractivity contribution in [2.75, 3.05) is 7.11 Å². The summed E-state index contributed by atoms with van der Waals surface area (Å²) in [5.41, 5.74) is -0.501. The number of carbonyl (C=O) groups is 3. The highest BCUT2D eigenvalue weighted by Gasteiger charge is 2.37. The van der Waals surface area contributed by atoms with Crippen LogP contribution in [0.1, 0.15) is 39.5 Å². The molecule has 0 aromatic carbocycles. The molecule has 0 bridgehead atoms. The van der Waals surface area contributed by atoms with E-state index >= 15 is 0 Å². The summed E-state index contributed by atoms with van der Waals surface area (Å²) >= 11 is 0. The topological polar surface area (TPSA) is 80.7 Å². The zero-order valence-corrected chi connectivity index (χ0v) is 10.9. The monoisotopic (exact) mass is 254 g/mol. The highest BCUT2D eigenvalue weighted by atomic mass is 16.5. The molecule has 5 nitrogen and oxygen atoms in total. The van der Waals surface area contributed by atoms with Crippen molar-refractivity contribution in [3.8, 4) is 0 Å². The van der Waals surface area contributed by atoms with Gasteiger partial charge in [0.2, 0.25) is 0 Å². The summed E-state index contributed by atoms with van der Waals surface area (Å²) in [5, 5.41) is 9.76. The first-order chi connectivity index (χ1) is 8.26. The molecule has 0 radical (unpaired) electrons. The maximum absolute atomic E-state index is 11.8. The Bertz CT molecular complexity index is 395. The number of hydrogen-bond acceptors (Lipinski definition) is 5. The van der Waals surface area contributed by atoms with E-state index in [1.165, 1.54) is 7.11 Å². The Balaban J connectivity index is 2.83. The predicted molar refractivity (Wildman–Crippen MR) is 63.9 cm³/mol. The molecule has 1 aliphatic carbocycles. The summed E-state index contributed by atoms with van der Waals surface area (Å²) in [6.45, 7) is 3.68. The van der Waals surface area contributed by atoms with Gasteiger partial charge in [0.25, 0.3) is 0 Å². The summed E-state index contributed by atoms with van der Waals surface area (Å²) in [4.78, 5) is 34.6. The Hall–Kier alpha value is -1.65. The summed E-state index contributed by atoms with van der Waals surface area (Å²) in [7, 11) is 1.24. The molecule has 0 saturated heterocycles. The van der Waals surface area contributed by atoms with E-state index < -0.39 is 5.97 Å². The Labute approximate surface area is 106 Å².